The molecule has 3 heterocycles. The van der Waals surface area contributed by atoms with Gasteiger partial charge in [-0.05, 0) is 30.5 Å². The lowest BCUT2D eigenvalue weighted by Gasteiger charge is -2.34. The van der Waals surface area contributed by atoms with Crippen LogP contribution in [0.4, 0.5) is 9.93 Å². The van der Waals surface area contributed by atoms with Crippen molar-refractivity contribution in [2.45, 2.75) is 32.9 Å². The van der Waals surface area contributed by atoms with Crippen LogP contribution in [0.15, 0.2) is 35.8 Å². The van der Waals surface area contributed by atoms with Crippen LogP contribution in [-0.2, 0) is 17.9 Å². The average molecular weight is 471 g/mol. The highest BCUT2D eigenvalue weighted by molar-refractivity contribution is 7.13. The van der Waals surface area contributed by atoms with E-state index in [9.17, 15) is 9.59 Å². The molecule has 8 nitrogen and oxygen atoms in total. The lowest BCUT2D eigenvalue weighted by Crippen LogP contribution is -2.47. The highest BCUT2D eigenvalue weighted by Gasteiger charge is 2.29. The number of thiazole rings is 1. The molecule has 2 aliphatic heterocycles. The highest BCUT2D eigenvalue weighted by Crippen LogP contribution is 2.20. The van der Waals surface area contributed by atoms with Crippen molar-refractivity contribution in [3.8, 4) is 0 Å². The predicted molar refractivity (Wildman–Crippen MR) is 131 cm³/mol. The second-order valence-electron chi connectivity index (χ2n) is 8.75. The van der Waals surface area contributed by atoms with E-state index < -0.39 is 0 Å². The second kappa shape index (κ2) is 11.6. The third-order valence-corrected chi connectivity index (χ3v) is 7.28. The molecule has 2 saturated heterocycles. The number of piperazine rings is 1. The Hall–Kier alpha value is -2.49. The molecule has 0 radical (unpaired) electrons. The molecule has 1 unspecified atom stereocenters. The first-order valence-corrected chi connectivity index (χ1v) is 12.7. The van der Waals surface area contributed by atoms with Crippen molar-refractivity contribution in [2.24, 2.45) is 5.92 Å². The zero-order valence-electron chi connectivity index (χ0n) is 19.3. The van der Waals surface area contributed by atoms with Gasteiger partial charge in [0, 0.05) is 63.9 Å². The number of amides is 3. The number of rotatable bonds is 7. The van der Waals surface area contributed by atoms with Crippen LogP contribution in [0.1, 0.15) is 30.9 Å². The summed E-state index contributed by atoms with van der Waals surface area (Å²) in [5.74, 6) is -0.265. The monoisotopic (exact) mass is 470 g/mol. The molecule has 1 atom stereocenters. The summed E-state index contributed by atoms with van der Waals surface area (Å²) in [5.41, 5.74) is 2.42. The fourth-order valence-corrected chi connectivity index (χ4v) is 5.07. The zero-order valence-corrected chi connectivity index (χ0v) is 20.1. The number of benzene rings is 1. The van der Waals surface area contributed by atoms with Gasteiger partial charge < -0.3 is 20.4 Å². The van der Waals surface area contributed by atoms with Gasteiger partial charge >= 0.3 is 6.03 Å². The molecule has 9 heteroatoms. The summed E-state index contributed by atoms with van der Waals surface area (Å²) in [6.07, 6.45) is 3.28. The standard InChI is InChI=1S/C24H34N6O2S/c1-2-28-11-13-29(14-12-28)17-20-7-4-3-6-19(20)16-26-24(32)30-10-5-8-21(18-30)22(31)27-23-25-9-15-33-23/h3-4,6-7,9,15,21H,2,5,8,10-14,16-18H2,1H3,(H,26,32)(H,25,27,31). The Bertz CT molecular complexity index is 913. The predicted octanol–water partition coefficient (Wildman–Crippen LogP) is 2.84. The van der Waals surface area contributed by atoms with Crippen LogP contribution in [0.3, 0.4) is 0 Å². The summed E-state index contributed by atoms with van der Waals surface area (Å²) in [7, 11) is 0. The molecular formula is C24H34N6O2S. The maximum atomic E-state index is 12.9. The lowest BCUT2D eigenvalue weighted by molar-refractivity contribution is -0.121. The number of aromatic nitrogens is 1. The number of anilines is 1. The van der Waals surface area contributed by atoms with E-state index in [1.54, 1.807) is 11.1 Å². The van der Waals surface area contributed by atoms with Crippen molar-refractivity contribution in [3.63, 3.8) is 0 Å². The van der Waals surface area contributed by atoms with E-state index in [0.717, 1.165) is 57.7 Å². The number of carbonyl (C=O) groups is 2. The Balaban J connectivity index is 1.28. The molecule has 0 aliphatic carbocycles. The van der Waals surface area contributed by atoms with Gasteiger partial charge in [-0.3, -0.25) is 9.69 Å². The van der Waals surface area contributed by atoms with E-state index in [-0.39, 0.29) is 17.9 Å². The molecular weight excluding hydrogens is 436 g/mol. The summed E-state index contributed by atoms with van der Waals surface area (Å²) in [6.45, 7) is 10.2. The SMILES string of the molecule is CCN1CCN(Cc2ccccc2CNC(=O)N2CCCC(C(=O)Nc3nccs3)C2)CC1. The summed E-state index contributed by atoms with van der Waals surface area (Å²) in [5, 5.41) is 8.39. The molecule has 3 amide bonds. The third kappa shape index (κ3) is 6.52. The van der Waals surface area contributed by atoms with Gasteiger partial charge in [0.1, 0.15) is 0 Å². The summed E-state index contributed by atoms with van der Waals surface area (Å²) in [4.78, 5) is 36.3. The Kier molecular flexibility index (Phi) is 8.30. The van der Waals surface area contributed by atoms with Gasteiger partial charge in [-0.15, -0.1) is 11.3 Å². The zero-order chi connectivity index (χ0) is 23.0. The largest absolute Gasteiger partial charge is 0.334 e. The second-order valence-corrected chi connectivity index (χ2v) is 9.64. The van der Waals surface area contributed by atoms with Crippen LogP contribution < -0.4 is 10.6 Å². The van der Waals surface area contributed by atoms with Crippen molar-refractivity contribution in [1.29, 1.82) is 0 Å². The number of hydrogen-bond donors (Lipinski definition) is 2. The van der Waals surface area contributed by atoms with Gasteiger partial charge in [-0.1, -0.05) is 31.2 Å². The van der Waals surface area contributed by atoms with E-state index in [4.69, 9.17) is 0 Å². The molecule has 178 valence electrons. The summed E-state index contributed by atoms with van der Waals surface area (Å²) < 4.78 is 0. The maximum absolute atomic E-state index is 12.9. The molecule has 33 heavy (non-hydrogen) atoms. The topological polar surface area (TPSA) is 80.8 Å². The van der Waals surface area contributed by atoms with Crippen LogP contribution in [0, 0.1) is 5.92 Å². The Labute approximate surface area is 200 Å². The maximum Gasteiger partial charge on any atom is 0.317 e. The van der Waals surface area contributed by atoms with Gasteiger partial charge in [-0.25, -0.2) is 9.78 Å². The molecule has 2 aromatic rings. The minimum atomic E-state index is -0.206. The van der Waals surface area contributed by atoms with E-state index in [1.165, 1.54) is 16.9 Å². The van der Waals surface area contributed by atoms with E-state index in [1.807, 2.05) is 11.4 Å². The van der Waals surface area contributed by atoms with Crippen LogP contribution in [0.5, 0.6) is 0 Å². The van der Waals surface area contributed by atoms with E-state index >= 15 is 0 Å². The molecule has 0 bridgehead atoms. The number of nitrogens with zero attached hydrogens (tertiary/aromatic N) is 4. The summed E-state index contributed by atoms with van der Waals surface area (Å²) >= 11 is 1.40. The molecule has 0 saturated carbocycles. The smallest absolute Gasteiger partial charge is 0.317 e. The van der Waals surface area contributed by atoms with Crippen LogP contribution in [0.2, 0.25) is 0 Å². The Morgan fingerprint density at radius 1 is 1.09 bits per heavy atom. The van der Waals surface area contributed by atoms with Crippen LogP contribution in [-0.4, -0.2) is 77.4 Å². The highest BCUT2D eigenvalue weighted by atomic mass is 32.1. The molecule has 2 aliphatic rings. The fraction of sp³-hybridized carbons (Fsp3) is 0.542. The fourth-order valence-electron chi connectivity index (χ4n) is 4.54. The van der Waals surface area contributed by atoms with Crippen molar-refractivity contribution in [1.82, 2.24) is 25.0 Å². The van der Waals surface area contributed by atoms with E-state index in [0.29, 0.717) is 24.8 Å². The first-order valence-electron chi connectivity index (χ1n) is 11.9. The minimum absolute atomic E-state index is 0.0593. The average Bonchev–Trinajstić information content (AvgIpc) is 3.37. The van der Waals surface area contributed by atoms with Crippen molar-refractivity contribution in [2.75, 3.05) is 51.1 Å². The molecule has 4 rings (SSSR count). The first-order chi connectivity index (χ1) is 16.1. The Morgan fingerprint density at radius 2 is 1.85 bits per heavy atom. The Morgan fingerprint density at radius 3 is 2.58 bits per heavy atom. The number of likely N-dealkylation sites (tertiary alicyclic amines) is 1. The normalized spacial score (nSPS) is 19.9. The number of carbonyl (C=O) groups excluding carboxylic acids is 2. The number of urea groups is 1. The molecule has 0 spiro atoms. The third-order valence-electron chi connectivity index (χ3n) is 6.60. The van der Waals surface area contributed by atoms with Crippen LogP contribution >= 0.6 is 11.3 Å². The number of nitrogens with one attached hydrogen (secondary N) is 2. The summed E-state index contributed by atoms with van der Waals surface area (Å²) in [6, 6.07) is 8.25. The quantitative estimate of drug-likeness (QED) is 0.651. The van der Waals surface area contributed by atoms with Gasteiger partial charge in [0.2, 0.25) is 5.91 Å². The number of piperidine rings is 1. The van der Waals surface area contributed by atoms with Gasteiger partial charge in [0.15, 0.2) is 5.13 Å². The van der Waals surface area contributed by atoms with Gasteiger partial charge in [-0.2, -0.15) is 0 Å². The van der Waals surface area contributed by atoms with E-state index in [2.05, 4.69) is 50.5 Å². The number of hydrogen-bond acceptors (Lipinski definition) is 6. The molecule has 2 N–H and O–H groups in total. The van der Waals surface area contributed by atoms with Crippen LogP contribution in [0.25, 0.3) is 0 Å². The van der Waals surface area contributed by atoms with Crippen molar-refractivity contribution >= 4 is 28.4 Å². The molecule has 2 fully saturated rings. The minimum Gasteiger partial charge on any atom is -0.334 e. The first kappa shape index (κ1) is 23.7. The van der Waals surface area contributed by atoms with Gasteiger partial charge in [0.05, 0.1) is 5.92 Å². The van der Waals surface area contributed by atoms with Gasteiger partial charge in [0.25, 0.3) is 0 Å². The molecule has 1 aromatic carbocycles. The molecule has 1 aromatic heterocycles. The number of likely N-dealkylation sites (N-methyl/N-ethyl adjacent to an activating group) is 1. The lowest BCUT2D eigenvalue weighted by atomic mass is 9.97. The van der Waals surface area contributed by atoms with Crippen molar-refractivity contribution < 1.29 is 9.59 Å². The van der Waals surface area contributed by atoms with Crippen molar-refractivity contribution in [3.05, 3.63) is 47.0 Å².